The van der Waals surface area contributed by atoms with Crippen LogP contribution in [0.3, 0.4) is 0 Å². The van der Waals surface area contributed by atoms with Gasteiger partial charge >= 0.3 is 0 Å². The highest BCUT2D eigenvalue weighted by atomic mass is 32.2. The minimum atomic E-state index is -3.92. The predicted molar refractivity (Wildman–Crippen MR) is 106 cm³/mol. The Hall–Kier alpha value is -3.04. The van der Waals surface area contributed by atoms with Gasteiger partial charge in [-0.3, -0.25) is 4.79 Å². The van der Waals surface area contributed by atoms with E-state index in [0.717, 1.165) is 34.3 Å². The number of halogens is 1. The van der Waals surface area contributed by atoms with Crippen molar-refractivity contribution in [3.63, 3.8) is 0 Å². The van der Waals surface area contributed by atoms with E-state index in [1.807, 2.05) is 13.8 Å². The van der Waals surface area contributed by atoms with E-state index in [0.29, 0.717) is 22.9 Å². The van der Waals surface area contributed by atoms with Gasteiger partial charge in [-0.1, -0.05) is 6.07 Å². The molecule has 152 valence electrons. The molecule has 9 heteroatoms. The first kappa shape index (κ1) is 20.7. The molecule has 0 unspecified atom stereocenters. The number of oxazole rings is 1. The summed E-state index contributed by atoms with van der Waals surface area (Å²) in [5.74, 6) is 0.0879. The van der Waals surface area contributed by atoms with Crippen molar-refractivity contribution >= 4 is 21.6 Å². The van der Waals surface area contributed by atoms with E-state index < -0.39 is 28.3 Å². The zero-order chi connectivity index (χ0) is 21.2. The van der Waals surface area contributed by atoms with Gasteiger partial charge in [-0.15, -0.1) is 0 Å². The van der Waals surface area contributed by atoms with Crippen molar-refractivity contribution in [3.05, 3.63) is 65.8 Å². The second-order valence-corrected chi connectivity index (χ2v) is 8.55. The number of rotatable bonds is 6. The van der Waals surface area contributed by atoms with E-state index in [2.05, 4.69) is 10.3 Å². The van der Waals surface area contributed by atoms with E-state index in [1.54, 1.807) is 24.3 Å². The van der Waals surface area contributed by atoms with E-state index in [4.69, 9.17) is 4.42 Å². The topological polar surface area (TPSA) is 92.5 Å². The number of likely N-dealkylation sites (N-methyl/N-ethyl adjacent to an activating group) is 1. The van der Waals surface area contributed by atoms with Crippen LogP contribution in [-0.4, -0.2) is 37.2 Å². The fourth-order valence-corrected chi connectivity index (χ4v) is 3.73. The number of hydrogen-bond acceptors (Lipinski definition) is 5. The number of aryl methyl sites for hydroxylation is 2. The lowest BCUT2D eigenvalue weighted by molar-refractivity contribution is -0.116. The molecular weight excluding hydrogens is 397 g/mol. The van der Waals surface area contributed by atoms with E-state index >= 15 is 0 Å². The highest BCUT2D eigenvalue weighted by Crippen LogP contribution is 2.24. The number of nitrogens with zero attached hydrogens (tertiary/aromatic N) is 2. The minimum Gasteiger partial charge on any atom is -0.441 e. The quantitative estimate of drug-likeness (QED) is 0.664. The second-order valence-electron chi connectivity index (χ2n) is 6.50. The number of aromatic nitrogens is 1. The maximum absolute atomic E-state index is 13.0. The largest absolute Gasteiger partial charge is 0.441 e. The van der Waals surface area contributed by atoms with Gasteiger partial charge in [0, 0.05) is 18.3 Å². The van der Waals surface area contributed by atoms with Crippen molar-refractivity contribution in [2.24, 2.45) is 0 Å². The molecule has 0 aliphatic carbocycles. The summed E-state index contributed by atoms with van der Waals surface area (Å²) in [6, 6.07) is 11.3. The first-order chi connectivity index (χ1) is 13.7. The highest BCUT2D eigenvalue weighted by Gasteiger charge is 2.23. The van der Waals surface area contributed by atoms with Gasteiger partial charge in [-0.2, -0.15) is 4.31 Å². The van der Waals surface area contributed by atoms with Crippen molar-refractivity contribution in [1.82, 2.24) is 9.29 Å². The van der Waals surface area contributed by atoms with Crippen molar-refractivity contribution in [3.8, 4) is 11.5 Å². The van der Waals surface area contributed by atoms with Crippen molar-refractivity contribution in [2.75, 3.05) is 18.9 Å². The minimum absolute atomic E-state index is 0.0918. The zero-order valence-corrected chi connectivity index (χ0v) is 17.0. The second kappa shape index (κ2) is 8.14. The molecule has 0 saturated carbocycles. The highest BCUT2D eigenvalue weighted by molar-refractivity contribution is 7.89. The van der Waals surface area contributed by atoms with Crippen LogP contribution in [0.5, 0.6) is 0 Å². The molecule has 3 aromatic rings. The number of nitrogens with one attached hydrogen (secondary N) is 1. The molecule has 0 aliphatic rings. The third-order valence-corrected chi connectivity index (χ3v) is 6.13. The van der Waals surface area contributed by atoms with Crippen molar-refractivity contribution in [2.45, 2.75) is 18.7 Å². The smallest absolute Gasteiger partial charge is 0.243 e. The Kier molecular flexibility index (Phi) is 5.81. The molecule has 0 fully saturated rings. The number of carbonyl (C=O) groups excluding carboxylic acids is 1. The maximum Gasteiger partial charge on any atom is 0.243 e. The van der Waals surface area contributed by atoms with Gasteiger partial charge in [0.1, 0.15) is 11.6 Å². The zero-order valence-electron chi connectivity index (χ0n) is 16.1. The first-order valence-electron chi connectivity index (χ1n) is 8.73. The normalized spacial score (nSPS) is 11.6. The van der Waals surface area contributed by atoms with Crippen LogP contribution < -0.4 is 5.32 Å². The Bertz CT molecular complexity index is 1120. The summed E-state index contributed by atoms with van der Waals surface area (Å²) >= 11 is 0. The molecule has 0 aliphatic heterocycles. The third kappa shape index (κ3) is 4.69. The molecule has 0 bridgehead atoms. The lowest BCUT2D eigenvalue weighted by Crippen LogP contribution is -2.34. The number of benzene rings is 2. The Morgan fingerprint density at radius 2 is 1.86 bits per heavy atom. The average molecular weight is 417 g/mol. The van der Waals surface area contributed by atoms with Crippen molar-refractivity contribution in [1.29, 1.82) is 0 Å². The number of hydrogen-bond donors (Lipinski definition) is 1. The van der Waals surface area contributed by atoms with E-state index in [9.17, 15) is 17.6 Å². The molecule has 7 nitrogen and oxygen atoms in total. The van der Waals surface area contributed by atoms with Crippen LogP contribution in [0, 0.1) is 19.7 Å². The van der Waals surface area contributed by atoms with Crippen LogP contribution in [0.15, 0.2) is 57.8 Å². The summed E-state index contributed by atoms with van der Waals surface area (Å²) < 4.78 is 44.5. The van der Waals surface area contributed by atoms with Gasteiger partial charge in [0.2, 0.25) is 21.8 Å². The van der Waals surface area contributed by atoms with Crippen LogP contribution in [0.1, 0.15) is 11.5 Å². The fraction of sp³-hybridized carbons (Fsp3) is 0.200. The molecule has 2 aromatic carbocycles. The molecular formula is C20H20FN3O4S. The van der Waals surface area contributed by atoms with Crippen LogP contribution in [0.4, 0.5) is 10.1 Å². The predicted octanol–water partition coefficient (Wildman–Crippen LogP) is 3.36. The summed E-state index contributed by atoms with van der Waals surface area (Å²) in [5, 5.41) is 2.66. The Labute approximate surface area is 168 Å². The number of anilines is 1. The van der Waals surface area contributed by atoms with Gasteiger partial charge in [0.25, 0.3) is 0 Å². The average Bonchev–Trinajstić information content (AvgIpc) is 3.01. The van der Waals surface area contributed by atoms with Gasteiger partial charge in [-0.05, 0) is 56.3 Å². The van der Waals surface area contributed by atoms with Gasteiger partial charge in [0.05, 0.1) is 17.1 Å². The van der Waals surface area contributed by atoms with Crippen LogP contribution in [0.25, 0.3) is 11.5 Å². The van der Waals surface area contributed by atoms with Gasteiger partial charge in [-0.25, -0.2) is 17.8 Å². The summed E-state index contributed by atoms with van der Waals surface area (Å²) in [6.07, 6.45) is 0. The molecule has 0 atom stereocenters. The Morgan fingerprint density at radius 1 is 1.17 bits per heavy atom. The molecule has 1 amide bonds. The van der Waals surface area contributed by atoms with Crippen molar-refractivity contribution < 1.29 is 22.0 Å². The number of carbonyl (C=O) groups is 1. The van der Waals surface area contributed by atoms with E-state index in [-0.39, 0.29) is 4.90 Å². The SMILES string of the molecule is Cc1nc(-c2cccc(NC(=O)CN(C)S(=O)(=O)c3ccc(F)cc3)c2)oc1C. The molecule has 3 rings (SSSR count). The van der Waals surface area contributed by atoms with Crippen LogP contribution in [-0.2, 0) is 14.8 Å². The summed E-state index contributed by atoms with van der Waals surface area (Å²) in [6.45, 7) is 3.25. The maximum atomic E-state index is 13.0. The molecule has 29 heavy (non-hydrogen) atoms. The number of sulfonamides is 1. The molecule has 1 heterocycles. The third-order valence-electron chi connectivity index (χ3n) is 4.31. The fourth-order valence-electron chi connectivity index (χ4n) is 2.60. The number of amides is 1. The summed E-state index contributed by atoms with van der Waals surface area (Å²) in [7, 11) is -2.63. The summed E-state index contributed by atoms with van der Waals surface area (Å²) in [5.41, 5.74) is 1.95. The molecule has 0 spiro atoms. The first-order valence-corrected chi connectivity index (χ1v) is 10.2. The van der Waals surface area contributed by atoms with Gasteiger partial charge < -0.3 is 9.73 Å². The lowest BCUT2D eigenvalue weighted by atomic mass is 10.2. The molecule has 1 aromatic heterocycles. The standard InChI is InChI=1S/C20H20FN3O4S/c1-13-14(2)28-20(22-13)15-5-4-6-17(11-15)23-19(25)12-24(3)29(26,27)18-9-7-16(21)8-10-18/h4-11H,12H2,1-3H3,(H,23,25). The van der Waals surface area contributed by atoms with Crippen LogP contribution >= 0.6 is 0 Å². The molecule has 1 N–H and O–H groups in total. The van der Waals surface area contributed by atoms with Gasteiger partial charge in [0.15, 0.2) is 0 Å². The summed E-state index contributed by atoms with van der Waals surface area (Å²) in [4.78, 5) is 16.6. The van der Waals surface area contributed by atoms with E-state index in [1.165, 1.54) is 7.05 Å². The monoisotopic (exact) mass is 417 g/mol. The molecule has 0 radical (unpaired) electrons. The lowest BCUT2D eigenvalue weighted by Gasteiger charge is -2.17. The van der Waals surface area contributed by atoms with Crippen LogP contribution in [0.2, 0.25) is 0 Å². The Morgan fingerprint density at radius 3 is 2.48 bits per heavy atom. The Balaban J connectivity index is 1.70. The molecule has 0 saturated heterocycles.